The lowest BCUT2D eigenvalue weighted by Crippen LogP contribution is -2.57. The summed E-state index contributed by atoms with van der Waals surface area (Å²) in [6.45, 7) is 14.7. The quantitative estimate of drug-likeness (QED) is 0.175. The highest BCUT2D eigenvalue weighted by Gasteiger charge is 2.61. The van der Waals surface area contributed by atoms with Crippen molar-refractivity contribution in [2.45, 2.75) is 118 Å². The van der Waals surface area contributed by atoms with Crippen molar-refractivity contribution < 1.29 is 0 Å². The number of fused-ring (bicyclic) bond motifs is 6. The number of anilines is 3. The van der Waals surface area contributed by atoms with Crippen molar-refractivity contribution in [3.05, 3.63) is 161 Å². The van der Waals surface area contributed by atoms with Crippen LogP contribution in [0.25, 0.3) is 22.3 Å². The molecule has 0 amide bonds. The molecule has 1 spiro atoms. The summed E-state index contributed by atoms with van der Waals surface area (Å²) in [6, 6.07) is 50.2. The van der Waals surface area contributed by atoms with Gasteiger partial charge < -0.3 is 4.90 Å². The van der Waals surface area contributed by atoms with Crippen LogP contribution in [0.4, 0.5) is 17.1 Å². The van der Waals surface area contributed by atoms with Crippen LogP contribution in [0.3, 0.4) is 0 Å². The van der Waals surface area contributed by atoms with Crippen LogP contribution < -0.4 is 4.90 Å². The summed E-state index contributed by atoms with van der Waals surface area (Å²) in [5.41, 5.74) is 18.6. The predicted molar refractivity (Wildman–Crippen MR) is 248 cm³/mol. The van der Waals surface area contributed by atoms with Crippen LogP contribution in [0.1, 0.15) is 120 Å². The Labute approximate surface area is 356 Å². The number of benzene rings is 6. The van der Waals surface area contributed by atoms with Gasteiger partial charge in [-0.3, -0.25) is 0 Å². The van der Waals surface area contributed by atoms with Gasteiger partial charge in [0.25, 0.3) is 0 Å². The lowest BCUT2D eigenvalue weighted by atomic mass is 9.42. The Morgan fingerprint density at radius 1 is 0.475 bits per heavy atom. The first kappa shape index (κ1) is 36.3. The largest absolute Gasteiger partial charge is 0.309 e. The summed E-state index contributed by atoms with van der Waals surface area (Å²) in [5, 5.41) is 0. The Bertz CT molecular complexity index is 2670. The molecule has 2 heteroatoms. The summed E-state index contributed by atoms with van der Waals surface area (Å²) in [7, 11) is 0. The Hall–Kier alpha value is -4.53. The van der Waals surface area contributed by atoms with E-state index in [0.29, 0.717) is 11.8 Å². The average molecular weight is 788 g/mol. The topological polar surface area (TPSA) is 3.24 Å². The van der Waals surface area contributed by atoms with Crippen LogP contribution >= 0.6 is 11.8 Å². The molecule has 296 valence electrons. The van der Waals surface area contributed by atoms with Crippen LogP contribution in [-0.4, -0.2) is 0 Å². The van der Waals surface area contributed by atoms with E-state index in [9.17, 15) is 0 Å². The maximum absolute atomic E-state index is 2.68. The maximum atomic E-state index is 2.68. The molecule has 59 heavy (non-hydrogen) atoms. The zero-order valence-electron chi connectivity index (χ0n) is 35.7. The van der Waals surface area contributed by atoms with Gasteiger partial charge >= 0.3 is 0 Å². The lowest BCUT2D eigenvalue weighted by Gasteiger charge is -2.63. The normalized spacial score (nSPS) is 26.7. The third-order valence-corrected chi connectivity index (χ3v) is 18.0. The Balaban J connectivity index is 1.10. The van der Waals surface area contributed by atoms with Gasteiger partial charge in [-0.2, -0.15) is 0 Å². The summed E-state index contributed by atoms with van der Waals surface area (Å²) in [6.07, 6.45) is 9.36. The van der Waals surface area contributed by atoms with E-state index in [1.54, 1.807) is 11.1 Å². The maximum Gasteiger partial charge on any atom is 0.0604 e. The van der Waals surface area contributed by atoms with E-state index in [1.165, 1.54) is 116 Å². The molecule has 4 fully saturated rings. The second kappa shape index (κ2) is 12.5. The molecule has 0 saturated heterocycles. The SMILES string of the molecule is CC1(C)CCC(C)(C)c2cc(N(c3ccc4c(c3)C(C)(C)c3ccccc3-4)c3cccc4c3Sc3ccc(-c5ccccc5)cc3C43C4CC5CC(C4)CC3C5)ccc21. The van der Waals surface area contributed by atoms with Crippen molar-refractivity contribution in [3.8, 4) is 22.3 Å². The molecule has 4 bridgehead atoms. The summed E-state index contributed by atoms with van der Waals surface area (Å²) in [4.78, 5) is 5.62. The third-order valence-electron chi connectivity index (χ3n) is 16.8. The van der Waals surface area contributed by atoms with E-state index in [4.69, 9.17) is 0 Å². The van der Waals surface area contributed by atoms with Gasteiger partial charge in [-0.05, 0) is 178 Å². The monoisotopic (exact) mass is 787 g/mol. The Morgan fingerprint density at radius 3 is 1.85 bits per heavy atom. The van der Waals surface area contributed by atoms with Crippen molar-refractivity contribution in [1.29, 1.82) is 0 Å². The van der Waals surface area contributed by atoms with Gasteiger partial charge in [0.05, 0.1) is 5.69 Å². The fraction of sp³-hybridized carbons (Fsp3) is 0.368. The summed E-state index contributed by atoms with van der Waals surface area (Å²) < 4.78 is 0. The van der Waals surface area contributed by atoms with Gasteiger partial charge in [0.2, 0.25) is 0 Å². The fourth-order valence-electron chi connectivity index (χ4n) is 13.9. The van der Waals surface area contributed by atoms with Crippen molar-refractivity contribution in [2.75, 3.05) is 4.90 Å². The van der Waals surface area contributed by atoms with Gasteiger partial charge in [-0.15, -0.1) is 0 Å². The van der Waals surface area contributed by atoms with E-state index in [1.807, 2.05) is 0 Å². The van der Waals surface area contributed by atoms with Crippen LogP contribution in [0.15, 0.2) is 137 Å². The molecule has 6 aromatic carbocycles. The van der Waals surface area contributed by atoms with E-state index in [-0.39, 0.29) is 21.7 Å². The average Bonchev–Trinajstić information content (AvgIpc) is 3.46. The zero-order valence-corrected chi connectivity index (χ0v) is 36.6. The van der Waals surface area contributed by atoms with Crippen molar-refractivity contribution >= 4 is 28.8 Å². The molecule has 1 heterocycles. The molecule has 1 nitrogen and oxygen atoms in total. The van der Waals surface area contributed by atoms with Crippen molar-refractivity contribution in [1.82, 2.24) is 0 Å². The molecule has 1 aliphatic heterocycles. The van der Waals surface area contributed by atoms with Crippen LogP contribution in [0.5, 0.6) is 0 Å². The first-order valence-electron chi connectivity index (χ1n) is 22.6. The molecular weight excluding hydrogens is 731 g/mol. The molecule has 6 aromatic rings. The summed E-state index contributed by atoms with van der Waals surface area (Å²) >= 11 is 2.05. The molecule has 4 saturated carbocycles. The Kier molecular flexibility index (Phi) is 7.70. The van der Waals surface area contributed by atoms with Crippen LogP contribution in [0.2, 0.25) is 0 Å². The van der Waals surface area contributed by atoms with E-state index in [0.717, 1.165) is 11.8 Å². The molecule has 0 atom stereocenters. The van der Waals surface area contributed by atoms with Crippen LogP contribution in [0, 0.1) is 23.7 Å². The number of rotatable bonds is 4. The molecule has 0 aromatic heterocycles. The predicted octanol–water partition coefficient (Wildman–Crippen LogP) is 15.7. The smallest absolute Gasteiger partial charge is 0.0604 e. The standard InChI is InChI=1S/C57H57NS/c1-54(2)25-26-55(3,4)49-34-42(21-23-46(49)54)58(41-20-22-44-43-15-10-11-16-45(43)56(5,6)48(44)33-41)51-18-12-17-47-53(51)59-52-24-19-38(37-13-8-7-9-14-37)32-50(52)57(47)39-28-35-27-36(30-39)31-40(57)29-35/h7-24,32-36,39-40H,25-31H2,1-6H3. The minimum Gasteiger partial charge on any atom is -0.309 e. The minimum atomic E-state index is -0.0832. The lowest BCUT2D eigenvalue weighted by molar-refractivity contribution is -0.0443. The van der Waals surface area contributed by atoms with E-state index < -0.39 is 0 Å². The third kappa shape index (κ3) is 5.11. The number of nitrogens with zero attached hydrogens (tertiary/aromatic N) is 1. The summed E-state index contributed by atoms with van der Waals surface area (Å²) in [5.74, 6) is 3.14. The fourth-order valence-corrected chi connectivity index (χ4v) is 15.2. The molecule has 13 rings (SSSR count). The Morgan fingerprint density at radius 2 is 1.10 bits per heavy atom. The molecular formula is C57H57NS. The molecule has 0 N–H and O–H groups in total. The second-order valence-electron chi connectivity index (χ2n) is 21.2. The highest BCUT2D eigenvalue weighted by Crippen LogP contribution is 2.70. The van der Waals surface area contributed by atoms with Gasteiger partial charge in [-0.25, -0.2) is 0 Å². The van der Waals surface area contributed by atoms with Crippen molar-refractivity contribution in [2.24, 2.45) is 23.7 Å². The van der Waals surface area contributed by atoms with Crippen LogP contribution in [-0.2, 0) is 21.7 Å². The van der Waals surface area contributed by atoms with Gasteiger partial charge in [0, 0.05) is 32.0 Å². The highest BCUT2D eigenvalue weighted by atomic mass is 32.2. The number of hydrogen-bond acceptors (Lipinski definition) is 2. The van der Waals surface area contributed by atoms with Crippen molar-refractivity contribution in [3.63, 3.8) is 0 Å². The molecule has 0 radical (unpaired) electrons. The van der Waals surface area contributed by atoms with Gasteiger partial charge in [-0.1, -0.05) is 138 Å². The first-order valence-corrected chi connectivity index (χ1v) is 23.5. The molecule has 7 aliphatic rings. The molecule has 0 unspecified atom stereocenters. The minimum absolute atomic E-state index is 0.0270. The number of hydrogen-bond donors (Lipinski definition) is 0. The first-order chi connectivity index (χ1) is 28.4. The van der Waals surface area contributed by atoms with E-state index >= 15 is 0 Å². The van der Waals surface area contributed by atoms with Gasteiger partial charge in [0.1, 0.15) is 0 Å². The zero-order chi connectivity index (χ0) is 40.1. The second-order valence-corrected chi connectivity index (χ2v) is 22.3. The van der Waals surface area contributed by atoms with E-state index in [2.05, 4.69) is 186 Å². The highest BCUT2D eigenvalue weighted by molar-refractivity contribution is 7.99. The molecule has 6 aliphatic carbocycles. The van der Waals surface area contributed by atoms with Gasteiger partial charge in [0.15, 0.2) is 0 Å².